The van der Waals surface area contributed by atoms with E-state index in [1.54, 1.807) is 0 Å². The van der Waals surface area contributed by atoms with E-state index < -0.39 is 0 Å². The van der Waals surface area contributed by atoms with E-state index in [1.807, 2.05) is 0 Å². The third kappa shape index (κ3) is 3.05. The van der Waals surface area contributed by atoms with E-state index in [2.05, 4.69) is 35.5 Å². The summed E-state index contributed by atoms with van der Waals surface area (Å²) < 4.78 is 0. The molecule has 3 atom stereocenters. The number of hydrogen-bond donors (Lipinski definition) is 0. The van der Waals surface area contributed by atoms with Gasteiger partial charge in [-0.25, -0.2) is 0 Å². The summed E-state index contributed by atoms with van der Waals surface area (Å²) in [7, 11) is 0. The predicted molar refractivity (Wildman–Crippen MR) is 85.0 cm³/mol. The number of rotatable bonds is 4. The Bertz CT molecular complexity index is 317. The molecule has 0 spiro atoms. The Kier molecular flexibility index (Phi) is 4.68. The highest BCUT2D eigenvalue weighted by atomic mass is 15.3. The quantitative estimate of drug-likeness (QED) is 0.780. The highest BCUT2D eigenvalue weighted by Crippen LogP contribution is 2.29. The van der Waals surface area contributed by atoms with Gasteiger partial charge in [-0.15, -0.1) is 0 Å². The van der Waals surface area contributed by atoms with Crippen molar-refractivity contribution in [1.82, 2.24) is 14.7 Å². The number of piperazine rings is 1. The fraction of sp³-hybridized carbons (Fsp3) is 1.00. The first-order valence-corrected chi connectivity index (χ1v) is 8.87. The van der Waals surface area contributed by atoms with Crippen molar-refractivity contribution in [2.24, 2.45) is 11.8 Å². The first kappa shape index (κ1) is 14.8. The molecule has 0 aromatic heterocycles. The van der Waals surface area contributed by atoms with Crippen molar-refractivity contribution in [3.8, 4) is 0 Å². The van der Waals surface area contributed by atoms with E-state index in [-0.39, 0.29) is 0 Å². The monoisotopic (exact) mass is 279 g/mol. The average Bonchev–Trinajstić information content (AvgIpc) is 3.05. The Morgan fingerprint density at radius 2 is 1.90 bits per heavy atom. The van der Waals surface area contributed by atoms with E-state index in [9.17, 15) is 0 Å². The van der Waals surface area contributed by atoms with E-state index in [0.29, 0.717) is 0 Å². The van der Waals surface area contributed by atoms with Crippen LogP contribution >= 0.6 is 0 Å². The third-order valence-corrected chi connectivity index (χ3v) is 5.91. The molecule has 0 aromatic rings. The molecule has 116 valence electrons. The van der Waals surface area contributed by atoms with Gasteiger partial charge in [-0.2, -0.15) is 0 Å². The van der Waals surface area contributed by atoms with Crippen LogP contribution in [0.5, 0.6) is 0 Å². The number of hydrogen-bond acceptors (Lipinski definition) is 3. The lowest BCUT2D eigenvalue weighted by Crippen LogP contribution is -2.58. The molecule has 3 unspecified atom stereocenters. The molecule has 0 N–H and O–H groups in total. The molecule has 3 nitrogen and oxygen atoms in total. The van der Waals surface area contributed by atoms with Crippen molar-refractivity contribution in [3.05, 3.63) is 0 Å². The molecule has 0 radical (unpaired) electrons. The molecule has 3 aliphatic heterocycles. The molecule has 3 saturated heterocycles. The Hall–Kier alpha value is -0.120. The topological polar surface area (TPSA) is 9.72 Å². The van der Waals surface area contributed by atoms with Crippen molar-refractivity contribution in [1.29, 1.82) is 0 Å². The zero-order chi connectivity index (χ0) is 14.1. The molecule has 0 aliphatic carbocycles. The molecule has 0 saturated carbocycles. The van der Waals surface area contributed by atoms with Crippen molar-refractivity contribution >= 4 is 0 Å². The lowest BCUT2D eigenvalue weighted by Gasteiger charge is -2.46. The summed E-state index contributed by atoms with van der Waals surface area (Å²) >= 11 is 0. The second-order valence-electron chi connectivity index (χ2n) is 7.60. The van der Waals surface area contributed by atoms with E-state index >= 15 is 0 Å². The fourth-order valence-corrected chi connectivity index (χ4v) is 4.63. The van der Waals surface area contributed by atoms with Crippen molar-refractivity contribution in [2.75, 3.05) is 45.8 Å². The van der Waals surface area contributed by atoms with Crippen LogP contribution in [0.1, 0.15) is 40.0 Å². The highest BCUT2D eigenvalue weighted by Gasteiger charge is 2.38. The summed E-state index contributed by atoms with van der Waals surface area (Å²) in [6.07, 6.45) is 4.28. The molecule has 3 aliphatic rings. The van der Waals surface area contributed by atoms with Gasteiger partial charge < -0.3 is 4.90 Å². The third-order valence-electron chi connectivity index (χ3n) is 5.91. The summed E-state index contributed by atoms with van der Waals surface area (Å²) in [6, 6.07) is 1.66. The molecule has 3 heteroatoms. The molecule has 0 bridgehead atoms. The lowest BCUT2D eigenvalue weighted by atomic mass is 9.95. The lowest BCUT2D eigenvalue weighted by molar-refractivity contribution is 0.0200. The van der Waals surface area contributed by atoms with Gasteiger partial charge >= 0.3 is 0 Å². The molecular formula is C17H33N3. The summed E-state index contributed by atoms with van der Waals surface area (Å²) in [4.78, 5) is 8.26. The number of fused-ring (bicyclic) bond motifs is 1. The predicted octanol–water partition coefficient (Wildman–Crippen LogP) is 2.13. The average molecular weight is 279 g/mol. The van der Waals surface area contributed by atoms with Gasteiger partial charge in [0.2, 0.25) is 0 Å². The summed E-state index contributed by atoms with van der Waals surface area (Å²) in [5, 5.41) is 0. The van der Waals surface area contributed by atoms with Gasteiger partial charge in [0.25, 0.3) is 0 Å². The van der Waals surface area contributed by atoms with Crippen LogP contribution in [-0.4, -0.2) is 72.6 Å². The van der Waals surface area contributed by atoms with Crippen LogP contribution in [0.4, 0.5) is 0 Å². The van der Waals surface area contributed by atoms with Crippen LogP contribution in [0.2, 0.25) is 0 Å². The van der Waals surface area contributed by atoms with Crippen LogP contribution in [0.25, 0.3) is 0 Å². The molecule has 0 amide bonds. The Morgan fingerprint density at radius 3 is 2.60 bits per heavy atom. The second-order valence-corrected chi connectivity index (χ2v) is 7.60. The van der Waals surface area contributed by atoms with E-state index in [0.717, 1.165) is 23.9 Å². The maximum absolute atomic E-state index is 2.86. The van der Waals surface area contributed by atoms with Gasteiger partial charge in [0, 0.05) is 38.3 Å². The van der Waals surface area contributed by atoms with Crippen molar-refractivity contribution in [3.63, 3.8) is 0 Å². The summed E-state index contributed by atoms with van der Waals surface area (Å²) in [5.41, 5.74) is 0. The van der Waals surface area contributed by atoms with Crippen LogP contribution in [0.15, 0.2) is 0 Å². The zero-order valence-corrected chi connectivity index (χ0v) is 13.7. The minimum atomic E-state index is 0.792. The van der Waals surface area contributed by atoms with Gasteiger partial charge in [0.05, 0.1) is 0 Å². The largest absolute Gasteiger partial charge is 0.303 e. The van der Waals surface area contributed by atoms with Crippen molar-refractivity contribution < 1.29 is 0 Å². The minimum absolute atomic E-state index is 0.792. The summed E-state index contributed by atoms with van der Waals surface area (Å²) in [6.45, 7) is 16.4. The highest BCUT2D eigenvalue weighted by molar-refractivity contribution is 4.94. The molecular weight excluding hydrogens is 246 g/mol. The van der Waals surface area contributed by atoms with Gasteiger partial charge in [0.15, 0.2) is 0 Å². The Labute approximate surface area is 125 Å². The van der Waals surface area contributed by atoms with Gasteiger partial charge in [-0.1, -0.05) is 20.8 Å². The smallest absolute Gasteiger partial charge is 0.0247 e. The molecule has 3 heterocycles. The van der Waals surface area contributed by atoms with Gasteiger partial charge in [-0.05, 0) is 50.7 Å². The van der Waals surface area contributed by atoms with Crippen LogP contribution in [0, 0.1) is 11.8 Å². The number of nitrogens with zero attached hydrogens (tertiary/aromatic N) is 3. The SMILES string of the molecule is CCN1CCC(CN2CC3CCCN3CC2C(C)C)C1. The van der Waals surface area contributed by atoms with Crippen LogP contribution in [0.3, 0.4) is 0 Å². The minimum Gasteiger partial charge on any atom is -0.303 e. The first-order valence-electron chi connectivity index (χ1n) is 8.87. The standard InChI is InChI=1S/C17H33N3/c1-4-18-9-7-15(10-18)11-20-12-16-6-5-8-19(16)13-17(20)14(2)3/h14-17H,4-13H2,1-3H3. The Balaban J connectivity index is 1.60. The van der Waals surface area contributed by atoms with Crippen molar-refractivity contribution in [2.45, 2.75) is 52.1 Å². The maximum Gasteiger partial charge on any atom is 0.0247 e. The van der Waals surface area contributed by atoms with E-state index in [4.69, 9.17) is 0 Å². The molecule has 3 fully saturated rings. The molecule has 0 aromatic carbocycles. The van der Waals surface area contributed by atoms with Gasteiger partial charge in [-0.3, -0.25) is 9.80 Å². The second kappa shape index (κ2) is 6.33. The maximum atomic E-state index is 2.86. The first-order chi connectivity index (χ1) is 9.67. The molecule has 20 heavy (non-hydrogen) atoms. The van der Waals surface area contributed by atoms with E-state index in [1.165, 1.54) is 65.1 Å². The normalized spacial score (nSPS) is 36.9. The summed E-state index contributed by atoms with van der Waals surface area (Å²) in [5.74, 6) is 1.71. The van der Waals surface area contributed by atoms with Crippen LogP contribution < -0.4 is 0 Å². The number of likely N-dealkylation sites (tertiary alicyclic amines) is 1. The zero-order valence-electron chi connectivity index (χ0n) is 13.7. The molecule has 3 rings (SSSR count). The fourth-order valence-electron chi connectivity index (χ4n) is 4.63. The van der Waals surface area contributed by atoms with Gasteiger partial charge in [0.1, 0.15) is 0 Å². The van der Waals surface area contributed by atoms with Crippen LogP contribution in [-0.2, 0) is 0 Å². The Morgan fingerprint density at radius 1 is 1.05 bits per heavy atom.